The molecule has 174 valence electrons. The lowest BCUT2D eigenvalue weighted by Crippen LogP contribution is -2.51. The van der Waals surface area contributed by atoms with E-state index in [1.807, 2.05) is 0 Å². The Morgan fingerprint density at radius 1 is 0.970 bits per heavy atom. The topological polar surface area (TPSA) is 49.9 Å². The van der Waals surface area contributed by atoms with Crippen molar-refractivity contribution in [3.63, 3.8) is 0 Å². The fourth-order valence-corrected chi connectivity index (χ4v) is 5.19. The first-order valence-corrected chi connectivity index (χ1v) is 10.9. The normalized spacial score (nSPS) is 24.0. The molecule has 1 spiro atoms. The molecule has 9 heteroatoms. The molecule has 3 heterocycles. The van der Waals surface area contributed by atoms with E-state index in [4.69, 9.17) is 4.74 Å². The Morgan fingerprint density at radius 2 is 1.64 bits per heavy atom. The zero-order chi connectivity index (χ0) is 23.5. The molecular formula is C24H22F4N2O3. The van der Waals surface area contributed by atoms with Crippen LogP contribution < -0.4 is 0 Å². The maximum atomic E-state index is 14.3. The second-order valence-electron chi connectivity index (χ2n) is 8.95. The minimum atomic E-state index is -1.14. The van der Waals surface area contributed by atoms with E-state index in [9.17, 15) is 27.2 Å². The summed E-state index contributed by atoms with van der Waals surface area (Å²) in [5.41, 5.74) is -0.988. The second kappa shape index (κ2) is 7.83. The minimum absolute atomic E-state index is 0.111. The van der Waals surface area contributed by atoms with E-state index in [-0.39, 0.29) is 43.0 Å². The van der Waals surface area contributed by atoms with Gasteiger partial charge in [0, 0.05) is 32.0 Å². The second-order valence-corrected chi connectivity index (χ2v) is 8.95. The Bertz CT molecular complexity index is 1130. The van der Waals surface area contributed by atoms with E-state index < -0.39 is 47.0 Å². The largest absolute Gasteiger partial charge is 0.342 e. The molecule has 3 fully saturated rings. The van der Waals surface area contributed by atoms with E-state index in [1.165, 1.54) is 24.0 Å². The van der Waals surface area contributed by atoms with Crippen molar-refractivity contribution in [2.75, 3.05) is 13.1 Å². The summed E-state index contributed by atoms with van der Waals surface area (Å²) in [5.74, 6) is -3.77. The summed E-state index contributed by atoms with van der Waals surface area (Å²) in [7, 11) is 0. The van der Waals surface area contributed by atoms with Gasteiger partial charge in [-0.15, -0.1) is 0 Å². The third-order valence-electron chi connectivity index (χ3n) is 6.93. The monoisotopic (exact) mass is 462 g/mol. The van der Waals surface area contributed by atoms with Crippen LogP contribution in [0.3, 0.4) is 0 Å². The fraction of sp³-hybridized carbons (Fsp3) is 0.417. The highest BCUT2D eigenvalue weighted by Crippen LogP contribution is 2.47. The number of rotatable bonds is 2. The lowest BCUT2D eigenvalue weighted by molar-refractivity contribution is -0.142. The number of fused-ring (bicyclic) bond motifs is 1. The lowest BCUT2D eigenvalue weighted by Gasteiger charge is -2.37. The van der Waals surface area contributed by atoms with Gasteiger partial charge >= 0.3 is 0 Å². The Morgan fingerprint density at radius 3 is 2.30 bits per heavy atom. The number of carbonyl (C=O) groups is 2. The molecular weight excluding hydrogens is 440 g/mol. The maximum Gasteiger partial charge on any atom is 0.257 e. The van der Waals surface area contributed by atoms with Crippen LogP contribution in [-0.4, -0.2) is 46.5 Å². The fourth-order valence-electron chi connectivity index (χ4n) is 5.19. The summed E-state index contributed by atoms with van der Waals surface area (Å²) in [5, 5.41) is 0. The number of likely N-dealkylation sites (tertiary alicyclic amines) is 1. The average molecular weight is 462 g/mol. The molecule has 0 saturated carbocycles. The van der Waals surface area contributed by atoms with Gasteiger partial charge in [-0.3, -0.25) is 9.59 Å². The van der Waals surface area contributed by atoms with Crippen LogP contribution in [0.5, 0.6) is 0 Å². The van der Waals surface area contributed by atoms with E-state index in [0.29, 0.717) is 18.4 Å². The summed E-state index contributed by atoms with van der Waals surface area (Å²) < 4.78 is 61.8. The van der Waals surface area contributed by atoms with Gasteiger partial charge in [-0.05, 0) is 55.2 Å². The molecule has 33 heavy (non-hydrogen) atoms. The van der Waals surface area contributed by atoms with Gasteiger partial charge in [0.1, 0.15) is 29.5 Å². The standard InChI is InChI=1S/C24H22F4N2O3/c1-13-8-19(28)17(12-18(13)27)22(31)29-6-4-24(5-7-29)23(32)30-20(2-3-21(30)33-24)14-9-15(25)11-16(26)10-14/h8-12,20-21H,2-7H2,1H3. The predicted octanol–water partition coefficient (Wildman–Crippen LogP) is 4.25. The van der Waals surface area contributed by atoms with E-state index in [2.05, 4.69) is 0 Å². The molecule has 5 nitrogen and oxygen atoms in total. The molecule has 0 bridgehead atoms. The summed E-state index contributed by atoms with van der Waals surface area (Å²) in [4.78, 5) is 29.1. The number of hydrogen-bond acceptors (Lipinski definition) is 3. The van der Waals surface area contributed by atoms with Gasteiger partial charge in [-0.25, -0.2) is 17.6 Å². The summed E-state index contributed by atoms with van der Waals surface area (Å²) in [6.07, 6.45) is 0.959. The molecule has 3 aliphatic rings. The minimum Gasteiger partial charge on any atom is -0.342 e. The van der Waals surface area contributed by atoms with Crippen LogP contribution >= 0.6 is 0 Å². The van der Waals surface area contributed by atoms with Crippen LogP contribution in [0.1, 0.15) is 53.2 Å². The summed E-state index contributed by atoms with van der Waals surface area (Å²) in [6.45, 7) is 1.69. The smallest absolute Gasteiger partial charge is 0.257 e. The quantitative estimate of drug-likeness (QED) is 0.628. The van der Waals surface area contributed by atoms with Crippen LogP contribution in [0.4, 0.5) is 17.6 Å². The van der Waals surface area contributed by atoms with Crippen molar-refractivity contribution in [1.29, 1.82) is 0 Å². The van der Waals surface area contributed by atoms with Crippen LogP contribution in [0.15, 0.2) is 30.3 Å². The highest BCUT2D eigenvalue weighted by molar-refractivity contribution is 5.95. The van der Waals surface area contributed by atoms with E-state index in [1.54, 1.807) is 4.90 Å². The zero-order valence-electron chi connectivity index (χ0n) is 17.9. The number of piperidine rings is 1. The van der Waals surface area contributed by atoms with Gasteiger partial charge in [0.2, 0.25) is 0 Å². The molecule has 2 amide bonds. The molecule has 3 saturated heterocycles. The molecule has 3 aliphatic heterocycles. The average Bonchev–Trinajstić information content (AvgIpc) is 3.28. The Hall–Kier alpha value is -2.94. The van der Waals surface area contributed by atoms with Gasteiger partial charge < -0.3 is 14.5 Å². The molecule has 2 atom stereocenters. The zero-order valence-corrected chi connectivity index (χ0v) is 17.9. The number of carbonyl (C=O) groups excluding carboxylic acids is 2. The number of hydrogen-bond donors (Lipinski definition) is 0. The van der Waals surface area contributed by atoms with Crippen LogP contribution in [0, 0.1) is 30.2 Å². The van der Waals surface area contributed by atoms with Crippen molar-refractivity contribution in [3.05, 3.63) is 70.3 Å². The van der Waals surface area contributed by atoms with Crippen LogP contribution in [0.25, 0.3) is 0 Å². The van der Waals surface area contributed by atoms with Crippen LogP contribution in [0.2, 0.25) is 0 Å². The SMILES string of the molecule is Cc1cc(F)c(C(=O)N2CCC3(CC2)OC2CCC(c4cc(F)cc(F)c4)N2C3=O)cc1F. The van der Waals surface area contributed by atoms with Crippen molar-refractivity contribution in [2.45, 2.75) is 50.5 Å². The number of halogens is 4. The molecule has 0 N–H and O–H groups in total. The van der Waals surface area contributed by atoms with Gasteiger partial charge in [0.25, 0.3) is 11.8 Å². The molecule has 2 unspecified atom stereocenters. The molecule has 0 aromatic heterocycles. The number of amides is 2. The number of nitrogens with zero attached hydrogens (tertiary/aromatic N) is 2. The Labute approximate surface area is 187 Å². The molecule has 5 rings (SSSR count). The number of ether oxygens (including phenoxy) is 1. The van der Waals surface area contributed by atoms with Gasteiger partial charge in [0.05, 0.1) is 11.6 Å². The number of benzene rings is 2. The Kier molecular flexibility index (Phi) is 5.19. The van der Waals surface area contributed by atoms with Crippen molar-refractivity contribution < 1.29 is 31.9 Å². The maximum absolute atomic E-state index is 14.3. The molecule has 0 aliphatic carbocycles. The third kappa shape index (κ3) is 3.58. The highest BCUT2D eigenvalue weighted by atomic mass is 19.1. The molecule has 2 aromatic rings. The van der Waals surface area contributed by atoms with Crippen molar-refractivity contribution >= 4 is 11.8 Å². The molecule has 0 radical (unpaired) electrons. The number of aryl methyl sites for hydroxylation is 1. The summed E-state index contributed by atoms with van der Waals surface area (Å²) in [6, 6.07) is 4.64. The van der Waals surface area contributed by atoms with Crippen molar-refractivity contribution in [3.8, 4) is 0 Å². The first-order valence-electron chi connectivity index (χ1n) is 10.9. The Balaban J connectivity index is 1.32. The summed E-state index contributed by atoms with van der Waals surface area (Å²) >= 11 is 0. The van der Waals surface area contributed by atoms with Gasteiger partial charge in [-0.2, -0.15) is 0 Å². The lowest BCUT2D eigenvalue weighted by atomic mass is 9.89. The van der Waals surface area contributed by atoms with Gasteiger partial charge in [-0.1, -0.05) is 0 Å². The van der Waals surface area contributed by atoms with Crippen molar-refractivity contribution in [2.24, 2.45) is 0 Å². The molecule has 2 aromatic carbocycles. The van der Waals surface area contributed by atoms with E-state index >= 15 is 0 Å². The highest BCUT2D eigenvalue weighted by Gasteiger charge is 2.58. The first kappa shape index (κ1) is 21.9. The first-order chi connectivity index (χ1) is 15.7. The third-order valence-corrected chi connectivity index (χ3v) is 6.93. The predicted molar refractivity (Wildman–Crippen MR) is 109 cm³/mol. The van der Waals surface area contributed by atoms with E-state index in [0.717, 1.165) is 18.2 Å². The van der Waals surface area contributed by atoms with Gasteiger partial charge in [0.15, 0.2) is 5.60 Å². The van der Waals surface area contributed by atoms with Crippen molar-refractivity contribution in [1.82, 2.24) is 9.80 Å². The van der Waals surface area contributed by atoms with Crippen LogP contribution in [-0.2, 0) is 9.53 Å².